The number of hydrogen-bond acceptors (Lipinski definition) is 5. The van der Waals surface area contributed by atoms with E-state index in [2.05, 4.69) is 15.3 Å². The molecule has 0 fully saturated rings. The van der Waals surface area contributed by atoms with Crippen molar-refractivity contribution < 1.29 is 9.21 Å². The lowest BCUT2D eigenvalue weighted by Gasteiger charge is -2.05. The van der Waals surface area contributed by atoms with Crippen molar-refractivity contribution in [2.45, 2.75) is 6.92 Å². The van der Waals surface area contributed by atoms with E-state index in [1.54, 1.807) is 29.8 Å². The number of aromatic nitrogens is 1. The summed E-state index contributed by atoms with van der Waals surface area (Å²) in [7, 11) is 0. The van der Waals surface area contributed by atoms with Gasteiger partial charge in [0.25, 0.3) is 5.91 Å². The smallest absolute Gasteiger partial charge is 0.262 e. The van der Waals surface area contributed by atoms with E-state index in [0.717, 1.165) is 10.9 Å². The molecule has 134 valence electrons. The summed E-state index contributed by atoms with van der Waals surface area (Å²) in [5.41, 5.74) is 2.75. The fourth-order valence-corrected chi connectivity index (χ4v) is 3.22. The quantitative estimate of drug-likeness (QED) is 0.509. The van der Waals surface area contributed by atoms with Crippen LogP contribution in [0.1, 0.15) is 15.9 Å². The molecule has 7 heteroatoms. The number of aryl methyl sites for hydroxylation is 1. The predicted octanol–water partition coefficient (Wildman–Crippen LogP) is 5.34. The van der Waals surface area contributed by atoms with Crippen LogP contribution in [0.4, 0.5) is 10.8 Å². The molecule has 4 rings (SSSR count). The Morgan fingerprint density at radius 1 is 1.22 bits per heavy atom. The van der Waals surface area contributed by atoms with Crippen molar-refractivity contribution in [2.24, 2.45) is 4.99 Å². The second kappa shape index (κ2) is 7.34. The van der Waals surface area contributed by atoms with Crippen LogP contribution in [0.3, 0.4) is 0 Å². The van der Waals surface area contributed by atoms with Crippen molar-refractivity contribution in [1.29, 1.82) is 0 Å². The van der Waals surface area contributed by atoms with E-state index in [0.29, 0.717) is 27.0 Å². The second-order valence-electron chi connectivity index (χ2n) is 5.84. The predicted molar refractivity (Wildman–Crippen MR) is 108 cm³/mol. The molecule has 0 radical (unpaired) electrons. The highest BCUT2D eigenvalue weighted by Gasteiger charge is 2.14. The van der Waals surface area contributed by atoms with Crippen LogP contribution >= 0.6 is 22.9 Å². The van der Waals surface area contributed by atoms with Crippen LogP contribution in [0.5, 0.6) is 0 Å². The molecule has 0 aliphatic carbocycles. The van der Waals surface area contributed by atoms with Gasteiger partial charge in [0, 0.05) is 22.0 Å². The lowest BCUT2D eigenvalue weighted by molar-refractivity contribution is 0.102. The summed E-state index contributed by atoms with van der Waals surface area (Å²) in [5.74, 6) is -0.330. The third kappa shape index (κ3) is 3.77. The Kier molecular flexibility index (Phi) is 4.75. The number of nitrogens with one attached hydrogen (secondary N) is 1. The number of halogens is 1. The first-order valence-electron chi connectivity index (χ1n) is 8.15. The van der Waals surface area contributed by atoms with Gasteiger partial charge in [-0.15, -0.1) is 11.3 Å². The molecule has 0 aliphatic rings. The minimum atomic E-state index is -0.330. The van der Waals surface area contributed by atoms with Crippen molar-refractivity contribution in [3.8, 4) is 0 Å². The standard InChI is InChI=1S/C20H14ClN3O2S/c1-12-10-14(6-7-16(12)21)23-19-15(18(25)24-20-22-8-9-27-20)11-13-4-2-3-5-17(13)26-19/h2-11H,1H3,(H,22,24,25). The van der Waals surface area contributed by atoms with Gasteiger partial charge in [-0.3, -0.25) is 10.1 Å². The Morgan fingerprint density at radius 3 is 2.85 bits per heavy atom. The minimum Gasteiger partial charge on any atom is -0.438 e. The van der Waals surface area contributed by atoms with Gasteiger partial charge in [0.15, 0.2) is 5.13 Å². The van der Waals surface area contributed by atoms with Crippen LogP contribution in [0, 0.1) is 6.92 Å². The maximum atomic E-state index is 12.8. The molecule has 0 atom stereocenters. The van der Waals surface area contributed by atoms with E-state index < -0.39 is 0 Å². The summed E-state index contributed by atoms with van der Waals surface area (Å²) in [6.07, 6.45) is 1.63. The van der Waals surface area contributed by atoms with Gasteiger partial charge >= 0.3 is 0 Å². The van der Waals surface area contributed by atoms with E-state index in [-0.39, 0.29) is 11.5 Å². The molecule has 0 unspecified atom stereocenters. The summed E-state index contributed by atoms with van der Waals surface area (Å²) in [6, 6.07) is 14.6. The molecule has 5 nitrogen and oxygen atoms in total. The Labute approximate surface area is 164 Å². The third-order valence-corrected chi connectivity index (χ3v) is 5.04. The van der Waals surface area contributed by atoms with Gasteiger partial charge in [0.05, 0.1) is 5.69 Å². The average molecular weight is 396 g/mol. The van der Waals surface area contributed by atoms with E-state index in [1.807, 2.05) is 37.3 Å². The number of hydrogen-bond donors (Lipinski definition) is 1. The molecule has 0 saturated heterocycles. The van der Waals surface area contributed by atoms with Gasteiger partial charge in [0.1, 0.15) is 11.1 Å². The maximum Gasteiger partial charge on any atom is 0.262 e. The zero-order valence-corrected chi connectivity index (χ0v) is 15.8. The monoisotopic (exact) mass is 395 g/mol. The number of anilines is 1. The summed E-state index contributed by atoms with van der Waals surface area (Å²) >= 11 is 7.43. The normalized spacial score (nSPS) is 11.7. The van der Waals surface area contributed by atoms with E-state index in [9.17, 15) is 4.79 Å². The molecule has 2 aromatic carbocycles. The third-order valence-electron chi connectivity index (χ3n) is 3.93. The summed E-state index contributed by atoms with van der Waals surface area (Å²) in [6.45, 7) is 1.90. The lowest BCUT2D eigenvalue weighted by Crippen LogP contribution is -2.21. The van der Waals surface area contributed by atoms with Gasteiger partial charge in [-0.25, -0.2) is 9.98 Å². The molecule has 1 N–H and O–H groups in total. The van der Waals surface area contributed by atoms with Gasteiger partial charge in [-0.1, -0.05) is 29.8 Å². The number of benzene rings is 2. The summed E-state index contributed by atoms with van der Waals surface area (Å²) < 4.78 is 5.93. The van der Waals surface area contributed by atoms with Crippen LogP contribution in [-0.4, -0.2) is 10.9 Å². The van der Waals surface area contributed by atoms with Crippen molar-refractivity contribution >= 4 is 50.6 Å². The molecule has 2 aromatic heterocycles. The molecule has 0 aliphatic heterocycles. The molecule has 1 amide bonds. The van der Waals surface area contributed by atoms with Crippen molar-refractivity contribution in [2.75, 3.05) is 5.32 Å². The minimum absolute atomic E-state index is 0.226. The van der Waals surface area contributed by atoms with Crippen LogP contribution in [-0.2, 0) is 0 Å². The number of rotatable bonds is 3. The van der Waals surface area contributed by atoms with Crippen LogP contribution in [0.2, 0.25) is 5.02 Å². The topological polar surface area (TPSA) is 67.5 Å². The average Bonchev–Trinajstić information content (AvgIpc) is 3.17. The van der Waals surface area contributed by atoms with E-state index in [4.69, 9.17) is 16.0 Å². The molecule has 0 saturated carbocycles. The number of carbonyl (C=O) groups is 1. The Bertz CT molecular complexity index is 1200. The highest BCUT2D eigenvalue weighted by Crippen LogP contribution is 2.22. The zero-order valence-electron chi connectivity index (χ0n) is 14.3. The Balaban J connectivity index is 1.87. The van der Waals surface area contributed by atoms with Crippen molar-refractivity contribution in [3.05, 3.63) is 81.8 Å². The first kappa shape index (κ1) is 17.5. The van der Waals surface area contributed by atoms with Gasteiger partial charge in [-0.2, -0.15) is 0 Å². The largest absolute Gasteiger partial charge is 0.438 e. The number of fused-ring (bicyclic) bond motifs is 1. The second-order valence-corrected chi connectivity index (χ2v) is 7.14. The summed E-state index contributed by atoms with van der Waals surface area (Å²) in [5, 5.41) is 6.56. The zero-order chi connectivity index (χ0) is 18.8. The number of carbonyl (C=O) groups excluding carboxylic acids is 1. The highest BCUT2D eigenvalue weighted by atomic mass is 35.5. The maximum absolute atomic E-state index is 12.8. The van der Waals surface area contributed by atoms with E-state index >= 15 is 0 Å². The Hall–Kier alpha value is -2.96. The number of thiazole rings is 1. The first-order valence-corrected chi connectivity index (χ1v) is 9.40. The molecular weight excluding hydrogens is 382 g/mol. The molecule has 4 aromatic rings. The van der Waals surface area contributed by atoms with E-state index in [1.165, 1.54) is 11.3 Å². The lowest BCUT2D eigenvalue weighted by atomic mass is 10.1. The van der Waals surface area contributed by atoms with Gasteiger partial charge in [-0.05, 0) is 42.8 Å². The van der Waals surface area contributed by atoms with Crippen molar-refractivity contribution in [3.63, 3.8) is 0 Å². The number of para-hydroxylation sites is 1. The SMILES string of the molecule is Cc1cc(N=c2oc3ccccc3cc2C(=O)Nc2nccs2)ccc1Cl. The van der Waals surface area contributed by atoms with Crippen LogP contribution < -0.4 is 10.9 Å². The van der Waals surface area contributed by atoms with Gasteiger partial charge < -0.3 is 4.42 Å². The molecule has 0 bridgehead atoms. The molecular formula is C20H14ClN3O2S. The van der Waals surface area contributed by atoms with Crippen molar-refractivity contribution in [1.82, 2.24) is 4.98 Å². The van der Waals surface area contributed by atoms with Crippen LogP contribution in [0.15, 0.2) is 69.5 Å². The number of nitrogens with zero attached hydrogens (tertiary/aromatic N) is 2. The summed E-state index contributed by atoms with van der Waals surface area (Å²) in [4.78, 5) is 21.4. The fraction of sp³-hybridized carbons (Fsp3) is 0.0500. The Morgan fingerprint density at radius 2 is 2.07 bits per heavy atom. The number of amides is 1. The van der Waals surface area contributed by atoms with Gasteiger partial charge in [0.2, 0.25) is 5.55 Å². The molecule has 2 heterocycles. The van der Waals surface area contributed by atoms with Crippen LogP contribution in [0.25, 0.3) is 11.0 Å². The highest BCUT2D eigenvalue weighted by molar-refractivity contribution is 7.13. The molecule has 27 heavy (non-hydrogen) atoms. The fourth-order valence-electron chi connectivity index (χ4n) is 2.58. The first-order chi connectivity index (χ1) is 13.1. The molecule has 0 spiro atoms.